The van der Waals surface area contributed by atoms with E-state index in [2.05, 4.69) is 10.3 Å². The smallest absolute Gasteiger partial charge is 0.284 e. The van der Waals surface area contributed by atoms with Crippen molar-refractivity contribution >= 4 is 34.5 Å². The normalized spacial score (nSPS) is 10.3. The zero-order valence-electron chi connectivity index (χ0n) is 8.83. The second-order valence-corrected chi connectivity index (χ2v) is 4.64. The van der Waals surface area contributed by atoms with Gasteiger partial charge in [-0.3, -0.25) is 4.79 Å². The first-order valence-corrected chi connectivity index (χ1v) is 6.00. The number of carbonyl (C=O) groups is 1. The van der Waals surface area contributed by atoms with Crippen LogP contribution < -0.4 is 5.32 Å². The topological polar surface area (TPSA) is 42.0 Å². The number of nitrogens with one attached hydrogen (secondary N) is 1. The van der Waals surface area contributed by atoms with Crippen molar-refractivity contribution in [3.8, 4) is 0 Å². The zero-order chi connectivity index (χ0) is 12.4. The Labute approximate surface area is 106 Å². The molecule has 0 unspecified atom stereocenters. The van der Waals surface area contributed by atoms with Crippen molar-refractivity contribution in [1.29, 1.82) is 0 Å². The van der Waals surface area contributed by atoms with Crippen LogP contribution in [0.5, 0.6) is 0 Å². The third-order valence-electron chi connectivity index (χ3n) is 1.99. The SMILES string of the molecule is Cc1csc(C(=O)Nc2ccc(F)c(Cl)c2)n1. The second-order valence-electron chi connectivity index (χ2n) is 3.38. The van der Waals surface area contributed by atoms with Gasteiger partial charge in [0.1, 0.15) is 5.82 Å². The minimum absolute atomic E-state index is 0.0295. The van der Waals surface area contributed by atoms with E-state index in [1.54, 1.807) is 5.38 Å². The fourth-order valence-electron chi connectivity index (χ4n) is 1.22. The molecule has 17 heavy (non-hydrogen) atoms. The quantitative estimate of drug-likeness (QED) is 0.907. The summed E-state index contributed by atoms with van der Waals surface area (Å²) in [4.78, 5) is 15.8. The van der Waals surface area contributed by atoms with E-state index in [1.807, 2.05) is 6.92 Å². The molecule has 1 amide bonds. The molecule has 0 bridgehead atoms. The molecular formula is C11H8ClFN2OS. The summed E-state index contributed by atoms with van der Waals surface area (Å²) in [5, 5.41) is 4.72. The maximum absolute atomic E-state index is 12.9. The van der Waals surface area contributed by atoms with Crippen molar-refractivity contribution in [2.24, 2.45) is 0 Å². The summed E-state index contributed by atoms with van der Waals surface area (Å²) >= 11 is 6.86. The first kappa shape index (κ1) is 12.0. The van der Waals surface area contributed by atoms with E-state index in [4.69, 9.17) is 11.6 Å². The predicted molar refractivity (Wildman–Crippen MR) is 66.2 cm³/mol. The Morgan fingerprint density at radius 3 is 2.88 bits per heavy atom. The monoisotopic (exact) mass is 270 g/mol. The summed E-state index contributed by atoms with van der Waals surface area (Å²) < 4.78 is 12.9. The van der Waals surface area contributed by atoms with Gasteiger partial charge in [0.2, 0.25) is 0 Å². The molecule has 3 nitrogen and oxygen atoms in total. The molecule has 0 aliphatic heterocycles. The molecule has 0 aliphatic rings. The highest BCUT2D eigenvalue weighted by Gasteiger charge is 2.10. The minimum atomic E-state index is -0.519. The highest BCUT2D eigenvalue weighted by atomic mass is 35.5. The summed E-state index contributed by atoms with van der Waals surface area (Å²) in [7, 11) is 0. The van der Waals surface area contributed by atoms with Crippen LogP contribution in [0.25, 0.3) is 0 Å². The lowest BCUT2D eigenvalue weighted by Crippen LogP contribution is -2.11. The van der Waals surface area contributed by atoms with Crippen molar-refractivity contribution in [3.63, 3.8) is 0 Å². The number of benzene rings is 1. The molecule has 0 spiro atoms. The number of aromatic nitrogens is 1. The fourth-order valence-corrected chi connectivity index (χ4v) is 2.09. The van der Waals surface area contributed by atoms with Crippen LogP contribution in [0.1, 0.15) is 15.5 Å². The summed E-state index contributed by atoms with van der Waals surface area (Å²) in [5.41, 5.74) is 1.23. The Bertz CT molecular complexity index is 570. The molecular weight excluding hydrogens is 263 g/mol. The van der Waals surface area contributed by atoms with Gasteiger partial charge in [-0.05, 0) is 25.1 Å². The molecule has 0 saturated heterocycles. The lowest BCUT2D eigenvalue weighted by atomic mass is 10.3. The number of hydrogen-bond donors (Lipinski definition) is 1. The Balaban J connectivity index is 2.15. The Hall–Kier alpha value is -1.46. The molecule has 2 rings (SSSR count). The Kier molecular flexibility index (Phi) is 3.40. The molecule has 0 fully saturated rings. The summed E-state index contributed by atoms with van der Waals surface area (Å²) in [6.07, 6.45) is 0. The highest BCUT2D eigenvalue weighted by Crippen LogP contribution is 2.20. The standard InChI is InChI=1S/C11H8ClFN2OS/c1-6-5-17-11(14-6)10(16)15-7-2-3-9(13)8(12)4-7/h2-5H,1H3,(H,15,16). The number of nitrogens with zero attached hydrogens (tertiary/aromatic N) is 1. The molecule has 88 valence electrons. The zero-order valence-corrected chi connectivity index (χ0v) is 10.4. The third kappa shape index (κ3) is 2.81. The van der Waals surface area contributed by atoms with Crippen molar-refractivity contribution in [1.82, 2.24) is 4.98 Å². The van der Waals surface area contributed by atoms with Crippen LogP contribution in [-0.2, 0) is 0 Å². The van der Waals surface area contributed by atoms with E-state index in [1.165, 1.54) is 29.5 Å². The lowest BCUT2D eigenvalue weighted by Gasteiger charge is -2.03. The average Bonchev–Trinajstić information content (AvgIpc) is 2.70. The average molecular weight is 271 g/mol. The lowest BCUT2D eigenvalue weighted by molar-refractivity contribution is 0.102. The molecule has 1 N–H and O–H groups in total. The molecule has 0 radical (unpaired) electrons. The molecule has 1 aromatic heterocycles. The van der Waals surface area contributed by atoms with Crippen molar-refractivity contribution in [2.75, 3.05) is 5.32 Å². The number of thiazole rings is 1. The molecule has 6 heteroatoms. The van der Waals surface area contributed by atoms with Crippen LogP contribution in [0.15, 0.2) is 23.6 Å². The van der Waals surface area contributed by atoms with Gasteiger partial charge in [-0.1, -0.05) is 11.6 Å². The number of anilines is 1. The fraction of sp³-hybridized carbons (Fsp3) is 0.0909. The van der Waals surface area contributed by atoms with Gasteiger partial charge in [0.25, 0.3) is 5.91 Å². The largest absolute Gasteiger partial charge is 0.320 e. The summed E-state index contributed by atoms with van der Waals surface area (Å²) in [6, 6.07) is 4.00. The highest BCUT2D eigenvalue weighted by molar-refractivity contribution is 7.11. The number of halogens is 2. The number of amides is 1. The first-order valence-electron chi connectivity index (χ1n) is 4.75. The van der Waals surface area contributed by atoms with Gasteiger partial charge in [-0.15, -0.1) is 11.3 Å². The van der Waals surface area contributed by atoms with Gasteiger partial charge in [0.15, 0.2) is 5.01 Å². The summed E-state index contributed by atoms with van der Waals surface area (Å²) in [5.74, 6) is -0.847. The van der Waals surface area contributed by atoms with Crippen molar-refractivity contribution < 1.29 is 9.18 Å². The van der Waals surface area contributed by atoms with Crippen molar-refractivity contribution in [2.45, 2.75) is 6.92 Å². The molecule has 2 aromatic rings. The molecule has 0 atom stereocenters. The van der Waals surface area contributed by atoms with Gasteiger partial charge in [-0.2, -0.15) is 0 Å². The maximum atomic E-state index is 12.9. The molecule has 1 aromatic carbocycles. The van der Waals surface area contributed by atoms with E-state index in [-0.39, 0.29) is 10.9 Å². The van der Waals surface area contributed by atoms with E-state index in [9.17, 15) is 9.18 Å². The van der Waals surface area contributed by atoms with Crippen LogP contribution in [0.3, 0.4) is 0 Å². The van der Waals surface area contributed by atoms with Crippen LogP contribution in [0.4, 0.5) is 10.1 Å². The van der Waals surface area contributed by atoms with Crippen molar-refractivity contribution in [3.05, 3.63) is 45.1 Å². The van der Waals surface area contributed by atoms with Gasteiger partial charge >= 0.3 is 0 Å². The predicted octanol–water partition coefficient (Wildman–Crippen LogP) is 3.50. The second kappa shape index (κ2) is 4.81. The Morgan fingerprint density at radius 2 is 2.29 bits per heavy atom. The van der Waals surface area contributed by atoms with E-state index in [0.29, 0.717) is 10.7 Å². The van der Waals surface area contributed by atoms with Crippen LogP contribution in [0, 0.1) is 12.7 Å². The number of hydrogen-bond acceptors (Lipinski definition) is 3. The van der Waals surface area contributed by atoms with Crippen LogP contribution >= 0.6 is 22.9 Å². The summed E-state index contributed by atoms with van der Waals surface area (Å²) in [6.45, 7) is 1.81. The molecule has 0 saturated carbocycles. The van der Waals surface area contributed by atoms with Crippen LogP contribution in [0.2, 0.25) is 5.02 Å². The maximum Gasteiger partial charge on any atom is 0.284 e. The first-order chi connectivity index (χ1) is 8.06. The van der Waals surface area contributed by atoms with Gasteiger partial charge in [0, 0.05) is 16.8 Å². The van der Waals surface area contributed by atoms with E-state index < -0.39 is 5.82 Å². The molecule has 1 heterocycles. The number of carbonyl (C=O) groups excluding carboxylic acids is 1. The van der Waals surface area contributed by atoms with Gasteiger partial charge < -0.3 is 5.32 Å². The Morgan fingerprint density at radius 1 is 1.53 bits per heavy atom. The van der Waals surface area contributed by atoms with Crippen LogP contribution in [-0.4, -0.2) is 10.9 Å². The number of rotatable bonds is 2. The van der Waals surface area contributed by atoms with E-state index >= 15 is 0 Å². The molecule has 0 aliphatic carbocycles. The van der Waals surface area contributed by atoms with E-state index in [0.717, 1.165) is 5.69 Å². The van der Waals surface area contributed by atoms with Gasteiger partial charge in [0.05, 0.1) is 5.02 Å². The minimum Gasteiger partial charge on any atom is -0.320 e. The van der Waals surface area contributed by atoms with Gasteiger partial charge in [-0.25, -0.2) is 9.37 Å². The third-order valence-corrected chi connectivity index (χ3v) is 3.24. The number of aryl methyl sites for hydroxylation is 1.